The Morgan fingerprint density at radius 3 is 2.61 bits per heavy atom. The summed E-state index contributed by atoms with van der Waals surface area (Å²) in [6.45, 7) is 0. The predicted molar refractivity (Wildman–Crippen MR) is 78.5 cm³/mol. The summed E-state index contributed by atoms with van der Waals surface area (Å²) in [6.07, 6.45) is 0. The van der Waals surface area contributed by atoms with Crippen molar-refractivity contribution < 1.29 is 9.18 Å². The Kier molecular flexibility index (Phi) is 4.19. The maximum absolute atomic E-state index is 13.5. The quantitative estimate of drug-likeness (QED) is 0.778. The molecule has 0 aromatic heterocycles. The van der Waals surface area contributed by atoms with Gasteiger partial charge in [0.05, 0.1) is 11.3 Å². The van der Waals surface area contributed by atoms with Gasteiger partial charge in [0, 0.05) is 8.59 Å². The molecule has 2 aromatic rings. The van der Waals surface area contributed by atoms with Crippen molar-refractivity contribution in [1.82, 2.24) is 0 Å². The number of benzene rings is 2. The van der Waals surface area contributed by atoms with Gasteiger partial charge in [0.1, 0.15) is 5.82 Å². The Bertz CT molecular complexity index is 603. The van der Waals surface area contributed by atoms with Gasteiger partial charge in [-0.05, 0) is 52.9 Å². The molecule has 92 valence electrons. The van der Waals surface area contributed by atoms with Crippen molar-refractivity contribution in [2.75, 3.05) is 5.32 Å². The van der Waals surface area contributed by atoms with Gasteiger partial charge in [-0.25, -0.2) is 4.39 Å². The molecule has 1 amide bonds. The fourth-order valence-electron chi connectivity index (χ4n) is 1.43. The second-order valence-electron chi connectivity index (χ2n) is 3.56. The topological polar surface area (TPSA) is 29.1 Å². The minimum atomic E-state index is -0.554. The molecule has 18 heavy (non-hydrogen) atoms. The number of hydrogen-bond donors (Lipinski definition) is 1. The summed E-state index contributed by atoms with van der Waals surface area (Å²) < 4.78 is 14.3. The molecule has 0 atom stereocenters. The smallest absolute Gasteiger partial charge is 0.256 e. The van der Waals surface area contributed by atoms with Gasteiger partial charge >= 0.3 is 0 Å². The van der Waals surface area contributed by atoms with Crippen LogP contribution in [0, 0.1) is 9.39 Å². The van der Waals surface area contributed by atoms with Gasteiger partial charge in [-0.1, -0.05) is 23.7 Å². The maximum Gasteiger partial charge on any atom is 0.256 e. The lowest BCUT2D eigenvalue weighted by Crippen LogP contribution is -2.14. The third-order valence-electron chi connectivity index (χ3n) is 2.30. The van der Waals surface area contributed by atoms with Crippen molar-refractivity contribution in [3.63, 3.8) is 0 Å². The first-order valence-corrected chi connectivity index (χ1v) is 6.54. The van der Waals surface area contributed by atoms with Crippen LogP contribution in [0.4, 0.5) is 10.1 Å². The Balaban J connectivity index is 2.24. The Hall–Kier alpha value is -1.14. The van der Waals surface area contributed by atoms with Crippen LogP contribution >= 0.6 is 34.2 Å². The number of carbonyl (C=O) groups is 1. The number of halogens is 3. The zero-order chi connectivity index (χ0) is 13.1. The number of amides is 1. The lowest BCUT2D eigenvalue weighted by Gasteiger charge is -2.07. The van der Waals surface area contributed by atoms with E-state index < -0.39 is 5.82 Å². The summed E-state index contributed by atoms with van der Waals surface area (Å²) in [4.78, 5) is 12.0. The van der Waals surface area contributed by atoms with Crippen molar-refractivity contribution in [1.29, 1.82) is 0 Å². The summed E-state index contributed by atoms with van der Waals surface area (Å²) in [5, 5.41) is 2.81. The molecule has 0 aliphatic rings. The summed E-state index contributed by atoms with van der Waals surface area (Å²) in [6, 6.07) is 11.2. The summed E-state index contributed by atoms with van der Waals surface area (Å²) >= 11 is 7.70. The first-order chi connectivity index (χ1) is 8.58. The standard InChI is InChI=1S/C13H8ClFINO/c14-8-5-6-12(10(15)7-8)17-13(18)9-3-1-2-4-11(9)16/h1-7H,(H,17,18). The second kappa shape index (κ2) is 5.67. The largest absolute Gasteiger partial charge is 0.319 e. The van der Waals surface area contributed by atoms with E-state index in [-0.39, 0.29) is 11.6 Å². The highest BCUT2D eigenvalue weighted by atomic mass is 127. The van der Waals surface area contributed by atoms with E-state index in [0.29, 0.717) is 10.6 Å². The molecule has 0 saturated heterocycles. The molecule has 0 fully saturated rings. The van der Waals surface area contributed by atoms with Crippen LogP contribution in [0.1, 0.15) is 10.4 Å². The Labute approximate surface area is 122 Å². The van der Waals surface area contributed by atoms with E-state index >= 15 is 0 Å². The van der Waals surface area contributed by atoms with E-state index in [4.69, 9.17) is 11.6 Å². The van der Waals surface area contributed by atoms with Gasteiger partial charge in [-0.15, -0.1) is 0 Å². The zero-order valence-electron chi connectivity index (χ0n) is 9.08. The lowest BCUT2D eigenvalue weighted by molar-refractivity contribution is 0.102. The summed E-state index contributed by atoms with van der Waals surface area (Å²) in [7, 11) is 0. The first kappa shape index (κ1) is 13.3. The molecular weight excluding hydrogens is 368 g/mol. The number of nitrogens with one attached hydrogen (secondary N) is 1. The minimum absolute atomic E-state index is 0.115. The van der Waals surface area contributed by atoms with Crippen LogP contribution in [0.25, 0.3) is 0 Å². The van der Waals surface area contributed by atoms with Crippen LogP contribution in [0.3, 0.4) is 0 Å². The highest BCUT2D eigenvalue weighted by Crippen LogP contribution is 2.20. The van der Waals surface area contributed by atoms with E-state index in [1.165, 1.54) is 12.1 Å². The molecule has 0 aliphatic heterocycles. The van der Waals surface area contributed by atoms with Gasteiger partial charge < -0.3 is 5.32 Å². The van der Waals surface area contributed by atoms with Crippen molar-refractivity contribution in [3.8, 4) is 0 Å². The first-order valence-electron chi connectivity index (χ1n) is 5.09. The molecule has 2 nitrogen and oxygen atoms in total. The molecule has 0 saturated carbocycles. The minimum Gasteiger partial charge on any atom is -0.319 e. The average Bonchev–Trinajstić information content (AvgIpc) is 2.33. The number of anilines is 1. The monoisotopic (exact) mass is 375 g/mol. The normalized spacial score (nSPS) is 10.2. The third kappa shape index (κ3) is 3.00. The molecule has 0 radical (unpaired) electrons. The molecule has 5 heteroatoms. The van der Waals surface area contributed by atoms with Crippen LogP contribution in [0.15, 0.2) is 42.5 Å². The third-order valence-corrected chi connectivity index (χ3v) is 3.47. The molecule has 0 unspecified atom stereocenters. The van der Waals surface area contributed by atoms with Crippen molar-refractivity contribution in [2.45, 2.75) is 0 Å². The van der Waals surface area contributed by atoms with Gasteiger partial charge in [0.25, 0.3) is 5.91 Å². The van der Waals surface area contributed by atoms with E-state index in [2.05, 4.69) is 27.9 Å². The molecule has 0 spiro atoms. The average molecular weight is 376 g/mol. The van der Waals surface area contributed by atoms with Crippen LogP contribution in [-0.2, 0) is 0 Å². The Morgan fingerprint density at radius 1 is 1.22 bits per heavy atom. The molecule has 1 N–H and O–H groups in total. The maximum atomic E-state index is 13.5. The SMILES string of the molecule is O=C(Nc1ccc(Cl)cc1F)c1ccccc1I. The number of rotatable bonds is 2. The van der Waals surface area contributed by atoms with Crippen molar-refractivity contribution >= 4 is 45.8 Å². The highest BCUT2D eigenvalue weighted by molar-refractivity contribution is 14.1. The number of carbonyl (C=O) groups excluding carboxylic acids is 1. The second-order valence-corrected chi connectivity index (χ2v) is 5.16. The fourth-order valence-corrected chi connectivity index (χ4v) is 2.22. The van der Waals surface area contributed by atoms with Crippen LogP contribution in [-0.4, -0.2) is 5.91 Å². The molecule has 0 bridgehead atoms. The van der Waals surface area contributed by atoms with Crippen LogP contribution in [0.5, 0.6) is 0 Å². The molecule has 0 heterocycles. The van der Waals surface area contributed by atoms with Crippen molar-refractivity contribution in [3.05, 3.63) is 62.4 Å². The van der Waals surface area contributed by atoms with Crippen LogP contribution < -0.4 is 5.32 Å². The van der Waals surface area contributed by atoms with Crippen molar-refractivity contribution in [2.24, 2.45) is 0 Å². The van der Waals surface area contributed by atoms with Gasteiger partial charge in [-0.2, -0.15) is 0 Å². The number of hydrogen-bond acceptors (Lipinski definition) is 1. The Morgan fingerprint density at radius 2 is 1.94 bits per heavy atom. The summed E-state index contributed by atoms with van der Waals surface area (Å²) in [5.74, 6) is -0.900. The zero-order valence-corrected chi connectivity index (χ0v) is 12.0. The fraction of sp³-hybridized carbons (Fsp3) is 0. The lowest BCUT2D eigenvalue weighted by atomic mass is 10.2. The van der Waals surface area contributed by atoms with Crippen LogP contribution in [0.2, 0.25) is 5.02 Å². The van der Waals surface area contributed by atoms with Gasteiger partial charge in [0.15, 0.2) is 0 Å². The van der Waals surface area contributed by atoms with E-state index in [0.717, 1.165) is 9.64 Å². The molecular formula is C13H8ClFINO. The highest BCUT2D eigenvalue weighted by Gasteiger charge is 2.11. The van der Waals surface area contributed by atoms with Gasteiger partial charge in [-0.3, -0.25) is 4.79 Å². The predicted octanol–water partition coefficient (Wildman–Crippen LogP) is 4.34. The van der Waals surface area contributed by atoms with E-state index in [1.807, 2.05) is 12.1 Å². The molecule has 2 aromatic carbocycles. The molecule has 2 rings (SSSR count). The van der Waals surface area contributed by atoms with E-state index in [9.17, 15) is 9.18 Å². The summed E-state index contributed by atoms with van der Waals surface area (Å²) in [5.41, 5.74) is 0.622. The van der Waals surface area contributed by atoms with Gasteiger partial charge in [0.2, 0.25) is 0 Å². The van der Waals surface area contributed by atoms with E-state index in [1.54, 1.807) is 12.1 Å². The molecule has 0 aliphatic carbocycles.